The summed E-state index contributed by atoms with van der Waals surface area (Å²) in [5.41, 5.74) is 16.4. The number of carbonyl (C=O) groups is 7. The fourth-order valence-electron chi connectivity index (χ4n) is 4.22. The van der Waals surface area contributed by atoms with Gasteiger partial charge in [0, 0.05) is 30.5 Å². The second kappa shape index (κ2) is 18.9. The molecule has 1 saturated heterocycles. The first kappa shape index (κ1) is 39.3. The number of primary amides is 1. The van der Waals surface area contributed by atoms with Crippen molar-refractivity contribution in [2.45, 2.75) is 88.2 Å². The zero-order valence-electron chi connectivity index (χ0n) is 25.9. The molecule has 0 aromatic rings. The van der Waals surface area contributed by atoms with Crippen LogP contribution in [0.2, 0.25) is 0 Å². The molecule has 45 heavy (non-hydrogen) atoms. The molecule has 4 unspecified atom stereocenters. The van der Waals surface area contributed by atoms with Crippen molar-refractivity contribution in [1.82, 2.24) is 26.2 Å². The first-order valence-electron chi connectivity index (χ1n) is 14.3. The van der Waals surface area contributed by atoms with Gasteiger partial charge < -0.3 is 48.5 Å². The number of carbonyl (C=O) groups excluding carboxylic acids is 6. The number of nitrogens with one attached hydrogen (secondary N) is 4. The lowest BCUT2D eigenvalue weighted by Gasteiger charge is -2.33. The van der Waals surface area contributed by atoms with Crippen LogP contribution in [0.3, 0.4) is 0 Å². The second-order valence-corrected chi connectivity index (χ2v) is 13.9. The number of hydrogen-bond donors (Lipinski definition) is 8. The minimum Gasteiger partial charge on any atom is -0.481 e. The lowest BCUT2D eigenvalue weighted by molar-refractivity contribution is -0.142. The lowest BCUT2D eigenvalue weighted by Crippen LogP contribution is -2.59. The number of aliphatic imine (C=N–C) groups is 1. The molecular formula is C26H45N9O8S2. The Morgan fingerprint density at radius 3 is 2.33 bits per heavy atom. The van der Waals surface area contributed by atoms with Crippen LogP contribution in [-0.4, -0.2) is 112 Å². The van der Waals surface area contributed by atoms with Crippen LogP contribution in [0.25, 0.3) is 0 Å². The number of carboxylic acid groups (broad SMARTS) is 1. The van der Waals surface area contributed by atoms with Crippen LogP contribution >= 0.6 is 21.6 Å². The monoisotopic (exact) mass is 675 g/mol. The normalized spacial score (nSPS) is 23.5. The molecule has 1 rings (SSSR count). The van der Waals surface area contributed by atoms with Gasteiger partial charge in [-0.05, 0) is 33.1 Å². The minimum atomic E-state index is -1.60. The Morgan fingerprint density at radius 1 is 1.09 bits per heavy atom. The van der Waals surface area contributed by atoms with Crippen LogP contribution in [0.4, 0.5) is 0 Å². The summed E-state index contributed by atoms with van der Waals surface area (Å²) in [7, 11) is 3.62. The molecule has 1 heterocycles. The SMILES string of the molecule is CCCCC(=O)NC1CSSC(C)(C)C(C(N)=O)NC(=O)C(CC(=O)O)NC(=O)CNC(=O)C(CCCN=C(N)N)N(C)C1=O. The quantitative estimate of drug-likeness (QED) is 0.0500. The highest BCUT2D eigenvalue weighted by Crippen LogP contribution is 2.38. The van der Waals surface area contributed by atoms with Crippen molar-refractivity contribution in [1.29, 1.82) is 0 Å². The first-order chi connectivity index (χ1) is 21.0. The van der Waals surface area contributed by atoms with Gasteiger partial charge in [0.05, 0.1) is 13.0 Å². The summed E-state index contributed by atoms with van der Waals surface area (Å²) in [4.78, 5) is 94.5. The molecule has 4 atom stereocenters. The van der Waals surface area contributed by atoms with Gasteiger partial charge in [-0.15, -0.1) is 0 Å². The highest BCUT2D eigenvalue weighted by molar-refractivity contribution is 8.77. The molecule has 0 bridgehead atoms. The van der Waals surface area contributed by atoms with Crippen molar-refractivity contribution >= 4 is 69.0 Å². The topological polar surface area (TPSA) is 282 Å². The van der Waals surface area contributed by atoms with Gasteiger partial charge in [0.1, 0.15) is 24.2 Å². The number of unbranched alkanes of at least 4 members (excludes halogenated alkanes) is 1. The summed E-state index contributed by atoms with van der Waals surface area (Å²) in [6.45, 7) is 4.62. The van der Waals surface area contributed by atoms with Crippen molar-refractivity contribution in [2.75, 3.05) is 25.9 Å². The minimum absolute atomic E-state index is 0.0125. The number of rotatable bonds is 11. The largest absolute Gasteiger partial charge is 0.481 e. The molecule has 11 N–H and O–H groups in total. The van der Waals surface area contributed by atoms with E-state index in [0.717, 1.165) is 28.0 Å². The fourth-order valence-corrected chi connectivity index (χ4v) is 7.04. The van der Waals surface area contributed by atoms with Crippen LogP contribution in [-0.2, 0) is 33.6 Å². The van der Waals surface area contributed by atoms with E-state index < -0.39 is 77.4 Å². The highest BCUT2D eigenvalue weighted by atomic mass is 33.1. The van der Waals surface area contributed by atoms with Gasteiger partial charge in [-0.25, -0.2) is 0 Å². The predicted molar refractivity (Wildman–Crippen MR) is 170 cm³/mol. The molecule has 1 fully saturated rings. The molecule has 0 aliphatic carbocycles. The zero-order valence-corrected chi connectivity index (χ0v) is 27.6. The van der Waals surface area contributed by atoms with Crippen LogP contribution < -0.4 is 38.5 Å². The van der Waals surface area contributed by atoms with Gasteiger partial charge in [-0.1, -0.05) is 34.9 Å². The Balaban J connectivity index is 3.51. The summed E-state index contributed by atoms with van der Waals surface area (Å²) in [5, 5.41) is 19.2. The Labute approximate surface area is 269 Å². The molecular weight excluding hydrogens is 630 g/mol. The number of likely N-dealkylation sites (N-methyl/N-ethyl adjacent to an activating group) is 1. The fraction of sp³-hybridized carbons (Fsp3) is 0.692. The number of hydrogen-bond acceptors (Lipinski definition) is 10. The van der Waals surface area contributed by atoms with Crippen molar-refractivity contribution in [3.63, 3.8) is 0 Å². The zero-order chi connectivity index (χ0) is 34.3. The van der Waals surface area contributed by atoms with E-state index in [-0.39, 0.29) is 43.4 Å². The molecule has 17 nitrogen and oxygen atoms in total. The molecule has 0 aromatic heterocycles. The van der Waals surface area contributed by atoms with E-state index in [1.807, 2.05) is 6.92 Å². The second-order valence-electron chi connectivity index (χ2n) is 10.9. The van der Waals surface area contributed by atoms with E-state index in [1.54, 1.807) is 13.8 Å². The van der Waals surface area contributed by atoms with E-state index in [9.17, 15) is 38.7 Å². The Bertz CT molecular complexity index is 1130. The van der Waals surface area contributed by atoms with Gasteiger partial charge >= 0.3 is 5.97 Å². The molecule has 1 aliphatic heterocycles. The number of aliphatic carboxylic acids is 1. The maximum Gasteiger partial charge on any atom is 0.305 e. The average Bonchev–Trinajstić information content (AvgIpc) is 2.94. The van der Waals surface area contributed by atoms with Crippen molar-refractivity contribution in [2.24, 2.45) is 22.2 Å². The number of nitrogens with zero attached hydrogens (tertiary/aromatic N) is 2. The lowest BCUT2D eigenvalue weighted by atomic mass is 10.0. The van der Waals surface area contributed by atoms with E-state index in [1.165, 1.54) is 11.9 Å². The summed E-state index contributed by atoms with van der Waals surface area (Å²) < 4.78 is -1.10. The Hall–Kier alpha value is -3.74. The van der Waals surface area contributed by atoms with Crippen molar-refractivity contribution < 1.29 is 38.7 Å². The number of carboxylic acids is 1. The van der Waals surface area contributed by atoms with E-state index in [4.69, 9.17) is 17.2 Å². The summed E-state index contributed by atoms with van der Waals surface area (Å²) in [6.07, 6.45) is 1.08. The van der Waals surface area contributed by atoms with Crippen LogP contribution in [0.1, 0.15) is 59.3 Å². The number of nitrogens with two attached hydrogens (primary N) is 3. The van der Waals surface area contributed by atoms with Crippen molar-refractivity contribution in [3.05, 3.63) is 0 Å². The average molecular weight is 676 g/mol. The summed E-state index contributed by atoms with van der Waals surface area (Å²) >= 11 is 0. The van der Waals surface area contributed by atoms with Crippen LogP contribution in [0.5, 0.6) is 0 Å². The summed E-state index contributed by atoms with van der Waals surface area (Å²) in [6, 6.07) is -5.12. The molecule has 1 aliphatic rings. The molecule has 0 radical (unpaired) electrons. The predicted octanol–water partition coefficient (Wildman–Crippen LogP) is -2.24. The maximum absolute atomic E-state index is 13.8. The van der Waals surface area contributed by atoms with Gasteiger partial charge in [0.15, 0.2) is 5.96 Å². The first-order valence-corrected chi connectivity index (χ1v) is 16.6. The smallest absolute Gasteiger partial charge is 0.305 e. The van der Waals surface area contributed by atoms with E-state index in [2.05, 4.69) is 26.3 Å². The molecule has 0 aromatic carbocycles. The Kier molecular flexibility index (Phi) is 16.5. The molecule has 19 heteroatoms. The third-order valence-electron chi connectivity index (χ3n) is 6.67. The third-order valence-corrected chi connectivity index (χ3v) is 9.97. The number of guanidine groups is 1. The number of amides is 6. The molecule has 254 valence electrons. The standard InChI is InChI=1S/C26H45N9O8S2/c1-5-6-9-17(36)33-15-13-44-45-26(2,3)20(21(27)40)34-22(41)14(11-19(38)39)32-18(37)12-31-23(42)16(35(4)24(15)43)8-7-10-30-25(28)29/h14-16,20H,5-13H2,1-4H3,(H2,27,40)(H,31,42)(H,32,37)(H,33,36)(H,34,41)(H,38,39)(H4,28,29,30). The molecule has 6 amide bonds. The van der Waals surface area contributed by atoms with E-state index >= 15 is 0 Å². The molecule has 0 saturated carbocycles. The van der Waals surface area contributed by atoms with Gasteiger partial charge in [-0.3, -0.25) is 38.6 Å². The Morgan fingerprint density at radius 2 is 1.76 bits per heavy atom. The maximum atomic E-state index is 13.8. The third kappa shape index (κ3) is 13.8. The van der Waals surface area contributed by atoms with E-state index in [0.29, 0.717) is 6.42 Å². The van der Waals surface area contributed by atoms with Crippen LogP contribution in [0.15, 0.2) is 4.99 Å². The van der Waals surface area contributed by atoms with Gasteiger partial charge in [0.25, 0.3) is 0 Å². The summed E-state index contributed by atoms with van der Waals surface area (Å²) in [5.74, 6) is -6.00. The van der Waals surface area contributed by atoms with Crippen molar-refractivity contribution in [3.8, 4) is 0 Å². The van der Waals surface area contributed by atoms with Crippen LogP contribution in [0, 0.1) is 0 Å². The van der Waals surface area contributed by atoms with Gasteiger partial charge in [-0.2, -0.15) is 0 Å². The van der Waals surface area contributed by atoms with Gasteiger partial charge in [0.2, 0.25) is 35.4 Å². The molecule has 0 spiro atoms. The highest BCUT2D eigenvalue weighted by Gasteiger charge is 2.39.